The van der Waals surface area contributed by atoms with Crippen LogP contribution in [0.25, 0.3) is 0 Å². The standard InChI is InChI=1S/C15H19N5O4S2/c1-3-5-20-14(11-4-6-26(22,23)9-11)17-18-15(20)25-8-13(21)16-12-7-10(2)24-19-12/h3,7,11H,1,4-6,8-9H2,2H3,(H,16,19,21)/t11-/m1/s1. The van der Waals surface area contributed by atoms with Crippen molar-refractivity contribution in [3.05, 3.63) is 30.3 Å². The van der Waals surface area contributed by atoms with E-state index < -0.39 is 9.84 Å². The fraction of sp³-hybridized carbons (Fsp3) is 0.467. The lowest BCUT2D eigenvalue weighted by atomic mass is 10.1. The van der Waals surface area contributed by atoms with Crippen LogP contribution in [-0.2, 0) is 21.2 Å². The molecule has 1 aliphatic heterocycles. The molecule has 3 heterocycles. The van der Waals surface area contributed by atoms with Gasteiger partial charge >= 0.3 is 0 Å². The van der Waals surface area contributed by atoms with E-state index in [1.54, 1.807) is 19.1 Å². The van der Waals surface area contributed by atoms with Gasteiger partial charge in [-0.15, -0.1) is 16.8 Å². The maximum absolute atomic E-state index is 12.0. The summed E-state index contributed by atoms with van der Waals surface area (Å²) in [6.45, 7) is 5.91. The normalized spacial score (nSPS) is 18.7. The molecule has 1 aliphatic rings. The average molecular weight is 397 g/mol. The molecule has 1 fully saturated rings. The maximum atomic E-state index is 12.0. The number of nitrogens with one attached hydrogen (secondary N) is 1. The first kappa shape index (κ1) is 18.6. The third kappa shape index (κ3) is 4.33. The third-order valence-corrected chi connectivity index (χ3v) is 6.62. The molecule has 1 atom stereocenters. The van der Waals surface area contributed by atoms with E-state index >= 15 is 0 Å². The van der Waals surface area contributed by atoms with Gasteiger partial charge in [-0.05, 0) is 13.3 Å². The Labute approximate surface area is 155 Å². The summed E-state index contributed by atoms with van der Waals surface area (Å²) in [5.41, 5.74) is 0. The van der Waals surface area contributed by atoms with Crippen LogP contribution < -0.4 is 5.32 Å². The second kappa shape index (κ2) is 7.62. The quantitative estimate of drug-likeness (QED) is 0.550. The van der Waals surface area contributed by atoms with Crippen LogP contribution in [0.15, 0.2) is 28.4 Å². The summed E-state index contributed by atoms with van der Waals surface area (Å²) in [5.74, 6) is 1.53. The third-order valence-electron chi connectivity index (χ3n) is 3.88. The van der Waals surface area contributed by atoms with Gasteiger partial charge in [-0.2, -0.15) is 0 Å². The Morgan fingerprint density at radius 1 is 1.54 bits per heavy atom. The number of hydrogen-bond acceptors (Lipinski definition) is 8. The summed E-state index contributed by atoms with van der Waals surface area (Å²) in [4.78, 5) is 12.0. The Morgan fingerprint density at radius 3 is 2.96 bits per heavy atom. The molecule has 1 saturated heterocycles. The summed E-state index contributed by atoms with van der Waals surface area (Å²) in [6.07, 6.45) is 2.23. The second-order valence-electron chi connectivity index (χ2n) is 6.00. The van der Waals surface area contributed by atoms with Crippen molar-refractivity contribution in [2.24, 2.45) is 0 Å². The lowest BCUT2D eigenvalue weighted by molar-refractivity contribution is -0.113. The number of sulfone groups is 1. The van der Waals surface area contributed by atoms with E-state index in [-0.39, 0.29) is 29.1 Å². The highest BCUT2D eigenvalue weighted by Gasteiger charge is 2.33. The topological polar surface area (TPSA) is 120 Å². The molecular formula is C15H19N5O4S2. The predicted molar refractivity (Wildman–Crippen MR) is 96.8 cm³/mol. The number of nitrogens with zero attached hydrogens (tertiary/aromatic N) is 4. The van der Waals surface area contributed by atoms with E-state index in [0.717, 1.165) is 0 Å². The molecule has 2 aromatic heterocycles. The fourth-order valence-corrected chi connectivity index (χ4v) is 5.24. The van der Waals surface area contributed by atoms with Crippen LogP contribution in [-0.4, -0.2) is 51.5 Å². The van der Waals surface area contributed by atoms with E-state index in [9.17, 15) is 13.2 Å². The number of aromatic nitrogens is 4. The zero-order valence-electron chi connectivity index (χ0n) is 14.2. The first-order chi connectivity index (χ1) is 12.4. The van der Waals surface area contributed by atoms with Gasteiger partial charge in [0.2, 0.25) is 5.91 Å². The van der Waals surface area contributed by atoms with Crippen molar-refractivity contribution in [2.45, 2.75) is 31.0 Å². The molecule has 1 amide bonds. The summed E-state index contributed by atoms with van der Waals surface area (Å²) >= 11 is 1.22. The highest BCUT2D eigenvalue weighted by molar-refractivity contribution is 7.99. The van der Waals surface area contributed by atoms with Crippen LogP contribution in [0.2, 0.25) is 0 Å². The molecule has 140 valence electrons. The van der Waals surface area contributed by atoms with Gasteiger partial charge in [0.1, 0.15) is 11.6 Å². The molecule has 2 aromatic rings. The second-order valence-corrected chi connectivity index (χ2v) is 9.17. The lowest BCUT2D eigenvalue weighted by Crippen LogP contribution is -2.15. The van der Waals surface area contributed by atoms with Gasteiger partial charge in [-0.1, -0.05) is 23.0 Å². The summed E-state index contributed by atoms with van der Waals surface area (Å²) in [7, 11) is -3.02. The van der Waals surface area contributed by atoms with E-state index in [1.807, 2.05) is 4.57 Å². The summed E-state index contributed by atoms with van der Waals surface area (Å²) < 4.78 is 30.2. The number of thioether (sulfide) groups is 1. The largest absolute Gasteiger partial charge is 0.360 e. The van der Waals surface area contributed by atoms with Gasteiger partial charge < -0.3 is 14.4 Å². The van der Waals surface area contributed by atoms with Crippen LogP contribution in [0.4, 0.5) is 5.82 Å². The Bertz CT molecular complexity index is 918. The molecule has 3 rings (SSSR count). The summed E-state index contributed by atoms with van der Waals surface area (Å²) in [5, 5.41) is 15.2. The van der Waals surface area contributed by atoms with Gasteiger partial charge in [-0.25, -0.2) is 8.42 Å². The molecule has 0 aromatic carbocycles. The first-order valence-corrected chi connectivity index (χ1v) is 10.8. The zero-order valence-corrected chi connectivity index (χ0v) is 15.8. The number of rotatable bonds is 7. The fourth-order valence-electron chi connectivity index (χ4n) is 2.74. The number of hydrogen-bond donors (Lipinski definition) is 1. The highest BCUT2D eigenvalue weighted by Crippen LogP contribution is 2.30. The minimum atomic E-state index is -3.02. The smallest absolute Gasteiger partial charge is 0.236 e. The molecule has 9 nitrogen and oxygen atoms in total. The van der Waals surface area contributed by atoms with Crippen LogP contribution in [0, 0.1) is 6.92 Å². The minimum Gasteiger partial charge on any atom is -0.360 e. The van der Waals surface area contributed by atoms with Crippen molar-refractivity contribution in [3.63, 3.8) is 0 Å². The Kier molecular flexibility index (Phi) is 5.47. The molecule has 11 heteroatoms. The number of carbonyl (C=O) groups excluding carboxylic acids is 1. The monoisotopic (exact) mass is 397 g/mol. The average Bonchev–Trinajstić information content (AvgIpc) is 3.25. The van der Waals surface area contributed by atoms with Gasteiger partial charge in [0.15, 0.2) is 20.8 Å². The zero-order chi connectivity index (χ0) is 18.7. The number of amides is 1. The van der Waals surface area contributed by atoms with Gasteiger partial charge in [-0.3, -0.25) is 4.79 Å². The Morgan fingerprint density at radius 2 is 2.35 bits per heavy atom. The SMILES string of the molecule is C=CCn1c(SCC(=O)Nc2cc(C)on2)nnc1[C@@H]1CCS(=O)(=O)C1. The van der Waals surface area contributed by atoms with E-state index in [1.165, 1.54) is 11.8 Å². The van der Waals surface area contributed by atoms with Crippen molar-refractivity contribution in [2.75, 3.05) is 22.6 Å². The van der Waals surface area contributed by atoms with Crippen LogP contribution in [0.3, 0.4) is 0 Å². The molecule has 0 spiro atoms. The number of anilines is 1. The van der Waals surface area contributed by atoms with Crippen molar-refractivity contribution < 1.29 is 17.7 Å². The van der Waals surface area contributed by atoms with Crippen molar-refractivity contribution in [1.29, 1.82) is 0 Å². The minimum absolute atomic E-state index is 0.0823. The molecule has 0 bridgehead atoms. The molecule has 0 saturated carbocycles. The molecule has 1 N–H and O–H groups in total. The van der Waals surface area contributed by atoms with Gasteiger partial charge in [0.25, 0.3) is 0 Å². The molecule has 0 radical (unpaired) electrons. The van der Waals surface area contributed by atoms with Crippen LogP contribution in [0.5, 0.6) is 0 Å². The van der Waals surface area contributed by atoms with E-state index in [0.29, 0.717) is 35.5 Å². The predicted octanol–water partition coefficient (Wildman–Crippen LogP) is 1.39. The highest BCUT2D eigenvalue weighted by atomic mass is 32.2. The van der Waals surface area contributed by atoms with Crippen molar-refractivity contribution in [3.8, 4) is 0 Å². The summed E-state index contributed by atoms with van der Waals surface area (Å²) in [6, 6.07) is 1.63. The first-order valence-electron chi connectivity index (χ1n) is 7.98. The van der Waals surface area contributed by atoms with Crippen LogP contribution >= 0.6 is 11.8 Å². The number of allylic oxidation sites excluding steroid dienone is 1. The van der Waals surface area contributed by atoms with Crippen molar-refractivity contribution in [1.82, 2.24) is 19.9 Å². The maximum Gasteiger partial charge on any atom is 0.236 e. The van der Waals surface area contributed by atoms with Crippen molar-refractivity contribution >= 4 is 33.3 Å². The molecule has 26 heavy (non-hydrogen) atoms. The van der Waals surface area contributed by atoms with Gasteiger partial charge in [0, 0.05) is 18.5 Å². The molecular weight excluding hydrogens is 378 g/mol. The lowest BCUT2D eigenvalue weighted by Gasteiger charge is -2.11. The van der Waals surface area contributed by atoms with Crippen LogP contribution in [0.1, 0.15) is 23.9 Å². The van der Waals surface area contributed by atoms with E-state index in [4.69, 9.17) is 4.52 Å². The molecule has 0 aliphatic carbocycles. The van der Waals surface area contributed by atoms with Gasteiger partial charge in [0.05, 0.1) is 17.3 Å². The Hall–Kier alpha value is -2.14. The van der Waals surface area contributed by atoms with E-state index in [2.05, 4.69) is 27.2 Å². The molecule has 0 unspecified atom stereocenters. The number of aryl methyl sites for hydroxylation is 1. The number of carbonyl (C=O) groups is 1. The Balaban J connectivity index is 1.67.